The highest BCUT2D eigenvalue weighted by Crippen LogP contribution is 2.18. The predicted octanol–water partition coefficient (Wildman–Crippen LogP) is 0.790. The molecule has 1 atom stereocenters. The topological polar surface area (TPSA) is 177 Å². The summed E-state index contributed by atoms with van der Waals surface area (Å²) in [6.45, 7) is 3.92. The molecule has 13 heteroatoms. The number of alkyl carbamates (subject to hydrolysis) is 2. The van der Waals surface area contributed by atoms with Crippen LogP contribution in [0.3, 0.4) is 0 Å². The molecule has 5 N–H and O–H groups in total. The number of aromatic hydroxyl groups is 2. The van der Waals surface area contributed by atoms with Gasteiger partial charge in [-0.1, -0.05) is 30.3 Å². The fourth-order valence-corrected chi connectivity index (χ4v) is 2.50. The maximum Gasteiger partial charge on any atom is 0.408 e. The van der Waals surface area contributed by atoms with E-state index in [1.807, 2.05) is 6.07 Å². The summed E-state index contributed by atoms with van der Waals surface area (Å²) in [5.41, 5.74) is -0.107. The summed E-state index contributed by atoms with van der Waals surface area (Å²) in [5, 5.41) is 26.1. The Morgan fingerprint density at radius 1 is 0.943 bits per heavy atom. The summed E-state index contributed by atoms with van der Waals surface area (Å²) < 4.78 is 10.5. The summed E-state index contributed by atoms with van der Waals surface area (Å²) in [4.78, 5) is 53.4. The molecular formula is C22H28N4O9. The number of nitrogens with zero attached hydrogens (tertiary/aromatic N) is 1. The number of aromatic nitrogens is 1. The second kappa shape index (κ2) is 12.2. The van der Waals surface area contributed by atoms with Gasteiger partial charge in [-0.15, -0.1) is 4.73 Å². The number of hydrogen-bond donors (Lipinski definition) is 5. The zero-order valence-electron chi connectivity index (χ0n) is 19.4. The number of amides is 3. The second-order valence-corrected chi connectivity index (χ2v) is 8.17. The SMILES string of the molecule is CC(C)(C)OC(=O)N[C@H](CNC(=O)CNC(=O)OCc1ccccc1)C(=O)On1c(O)ccc1O. The van der Waals surface area contributed by atoms with Crippen LogP contribution in [0.15, 0.2) is 42.5 Å². The van der Waals surface area contributed by atoms with E-state index in [4.69, 9.17) is 14.3 Å². The van der Waals surface area contributed by atoms with Crippen molar-refractivity contribution in [2.24, 2.45) is 0 Å². The number of hydrogen-bond acceptors (Lipinski definition) is 9. The fraction of sp³-hybridized carbons (Fsp3) is 0.364. The molecule has 0 unspecified atom stereocenters. The number of nitrogens with one attached hydrogen (secondary N) is 3. The van der Waals surface area contributed by atoms with Crippen molar-refractivity contribution in [2.45, 2.75) is 39.0 Å². The van der Waals surface area contributed by atoms with Crippen molar-refractivity contribution >= 4 is 24.1 Å². The molecule has 13 nitrogen and oxygen atoms in total. The predicted molar refractivity (Wildman–Crippen MR) is 120 cm³/mol. The standard InChI is InChI=1S/C22H28N4O9/c1-22(2,3)34-21(32)25-15(19(30)35-26-17(28)9-10-18(26)29)11-23-16(27)12-24-20(31)33-13-14-7-5-4-6-8-14/h4-10,15,28-29H,11-13H2,1-3H3,(H,23,27)(H,24,31)(H,25,32)/t15-/m1/s1. The lowest BCUT2D eigenvalue weighted by Crippen LogP contribution is -2.53. The molecule has 0 saturated heterocycles. The monoisotopic (exact) mass is 492 g/mol. The molecule has 0 aliphatic heterocycles. The van der Waals surface area contributed by atoms with E-state index < -0.39 is 60.6 Å². The van der Waals surface area contributed by atoms with Crippen LogP contribution in [-0.2, 0) is 25.7 Å². The molecule has 35 heavy (non-hydrogen) atoms. The van der Waals surface area contributed by atoms with Crippen LogP contribution < -0.4 is 20.8 Å². The molecule has 2 aromatic rings. The Labute approximate surface area is 200 Å². The molecule has 0 fully saturated rings. The molecule has 0 aliphatic carbocycles. The van der Waals surface area contributed by atoms with Crippen molar-refractivity contribution in [3.05, 3.63) is 48.0 Å². The highest BCUT2D eigenvalue weighted by Gasteiger charge is 2.28. The van der Waals surface area contributed by atoms with Crippen molar-refractivity contribution in [3.63, 3.8) is 0 Å². The van der Waals surface area contributed by atoms with Crippen LogP contribution in [0.2, 0.25) is 0 Å². The van der Waals surface area contributed by atoms with Gasteiger partial charge in [0.05, 0.1) is 6.54 Å². The first kappa shape index (κ1) is 26.8. The number of rotatable bonds is 9. The lowest BCUT2D eigenvalue weighted by atomic mass is 10.2. The molecule has 2 rings (SSSR count). The van der Waals surface area contributed by atoms with E-state index in [0.29, 0.717) is 4.73 Å². The fourth-order valence-electron chi connectivity index (χ4n) is 2.50. The zero-order valence-corrected chi connectivity index (χ0v) is 19.4. The molecule has 1 aromatic carbocycles. The maximum absolute atomic E-state index is 12.5. The van der Waals surface area contributed by atoms with Gasteiger partial charge in [-0.2, -0.15) is 0 Å². The van der Waals surface area contributed by atoms with E-state index in [-0.39, 0.29) is 6.61 Å². The molecule has 1 heterocycles. The Balaban J connectivity index is 1.90. The largest absolute Gasteiger partial charge is 0.492 e. The summed E-state index contributed by atoms with van der Waals surface area (Å²) >= 11 is 0. The van der Waals surface area contributed by atoms with Crippen molar-refractivity contribution in [3.8, 4) is 11.8 Å². The van der Waals surface area contributed by atoms with E-state index in [9.17, 15) is 29.4 Å². The lowest BCUT2D eigenvalue weighted by molar-refractivity contribution is -0.147. The number of ether oxygens (including phenoxy) is 2. The molecule has 0 bridgehead atoms. The first-order chi connectivity index (χ1) is 16.4. The van der Waals surface area contributed by atoms with E-state index in [1.165, 1.54) is 0 Å². The van der Waals surface area contributed by atoms with Crippen LogP contribution in [0.5, 0.6) is 11.8 Å². The molecule has 0 spiro atoms. The van der Waals surface area contributed by atoms with Gasteiger partial charge in [0.1, 0.15) is 18.2 Å². The lowest BCUT2D eigenvalue weighted by Gasteiger charge is -2.23. The first-order valence-electron chi connectivity index (χ1n) is 10.5. The van der Waals surface area contributed by atoms with Crippen molar-refractivity contribution in [2.75, 3.05) is 13.1 Å². The summed E-state index contributed by atoms with van der Waals surface area (Å²) in [6.07, 6.45) is -1.80. The molecule has 190 valence electrons. The third-order valence-corrected chi connectivity index (χ3v) is 4.06. The Morgan fingerprint density at radius 3 is 2.17 bits per heavy atom. The van der Waals surface area contributed by atoms with Gasteiger partial charge in [0, 0.05) is 18.7 Å². The van der Waals surface area contributed by atoms with E-state index >= 15 is 0 Å². The molecule has 0 saturated carbocycles. The van der Waals surface area contributed by atoms with Gasteiger partial charge >= 0.3 is 18.2 Å². The maximum atomic E-state index is 12.5. The average molecular weight is 492 g/mol. The van der Waals surface area contributed by atoms with Gasteiger partial charge in [0.2, 0.25) is 17.7 Å². The smallest absolute Gasteiger partial charge is 0.408 e. The van der Waals surface area contributed by atoms with Crippen LogP contribution in [0.4, 0.5) is 9.59 Å². The summed E-state index contributed by atoms with van der Waals surface area (Å²) in [6, 6.07) is 9.60. The van der Waals surface area contributed by atoms with Gasteiger partial charge in [-0.05, 0) is 26.3 Å². The van der Waals surface area contributed by atoms with Crippen molar-refractivity contribution < 1.29 is 43.7 Å². The van der Waals surface area contributed by atoms with Gasteiger partial charge in [0.25, 0.3) is 0 Å². The Hall–Kier alpha value is -4.42. The Kier molecular flexibility index (Phi) is 9.32. The van der Waals surface area contributed by atoms with Crippen molar-refractivity contribution in [1.29, 1.82) is 0 Å². The normalized spacial score (nSPS) is 11.6. The number of benzene rings is 1. The second-order valence-electron chi connectivity index (χ2n) is 8.17. The van der Waals surface area contributed by atoms with Gasteiger partial charge in [-0.3, -0.25) is 4.79 Å². The minimum absolute atomic E-state index is 0.0150. The highest BCUT2D eigenvalue weighted by molar-refractivity contribution is 5.85. The molecular weight excluding hydrogens is 464 g/mol. The first-order valence-corrected chi connectivity index (χ1v) is 10.5. The highest BCUT2D eigenvalue weighted by atomic mass is 16.7. The van der Waals surface area contributed by atoms with Crippen LogP contribution >= 0.6 is 0 Å². The molecule has 0 aliphatic rings. The van der Waals surface area contributed by atoms with E-state index in [1.54, 1.807) is 45.0 Å². The number of carbonyl (C=O) groups is 4. The van der Waals surface area contributed by atoms with E-state index in [0.717, 1.165) is 17.7 Å². The van der Waals surface area contributed by atoms with Crippen LogP contribution in [-0.4, -0.2) is 63.7 Å². The van der Waals surface area contributed by atoms with Gasteiger partial charge < -0.3 is 40.5 Å². The van der Waals surface area contributed by atoms with Gasteiger partial charge in [0.15, 0.2) is 0 Å². The minimum Gasteiger partial charge on any atom is -0.492 e. The average Bonchev–Trinajstić information content (AvgIpc) is 3.10. The zero-order chi connectivity index (χ0) is 26.0. The van der Waals surface area contributed by atoms with E-state index in [2.05, 4.69) is 16.0 Å². The van der Waals surface area contributed by atoms with Crippen LogP contribution in [0, 0.1) is 0 Å². The third-order valence-electron chi connectivity index (χ3n) is 4.06. The number of carbonyl (C=O) groups excluding carboxylic acids is 4. The summed E-state index contributed by atoms with van der Waals surface area (Å²) in [7, 11) is 0. The third kappa shape index (κ3) is 9.53. The molecule has 1 aromatic heterocycles. The molecule has 0 radical (unpaired) electrons. The van der Waals surface area contributed by atoms with Gasteiger partial charge in [-0.25, -0.2) is 14.4 Å². The molecule has 3 amide bonds. The Morgan fingerprint density at radius 2 is 1.57 bits per heavy atom. The Bertz CT molecular complexity index is 1010. The van der Waals surface area contributed by atoms with Crippen LogP contribution in [0.25, 0.3) is 0 Å². The van der Waals surface area contributed by atoms with Crippen LogP contribution in [0.1, 0.15) is 26.3 Å². The van der Waals surface area contributed by atoms with Crippen molar-refractivity contribution in [1.82, 2.24) is 20.7 Å². The quantitative estimate of drug-likeness (QED) is 0.338. The summed E-state index contributed by atoms with van der Waals surface area (Å²) in [5.74, 6) is -2.98. The minimum atomic E-state index is -1.47.